The molecule has 0 saturated heterocycles. The Hall–Kier alpha value is -2.51. The molecule has 0 aliphatic heterocycles. The number of hydrogen-bond acceptors (Lipinski definition) is 5. The number of pyridine rings is 1. The second kappa shape index (κ2) is 10.4. The van der Waals surface area contributed by atoms with Gasteiger partial charge in [-0.2, -0.15) is 4.39 Å². The molecule has 1 atom stereocenters. The maximum absolute atomic E-state index is 14.9. The van der Waals surface area contributed by atoms with Gasteiger partial charge in [0.1, 0.15) is 5.66 Å². The van der Waals surface area contributed by atoms with Crippen molar-refractivity contribution in [3.05, 3.63) is 88.8 Å². The molecule has 2 aromatic heterocycles. The van der Waals surface area contributed by atoms with Crippen molar-refractivity contribution >= 4 is 29.0 Å². The Kier molecular flexibility index (Phi) is 7.53. The van der Waals surface area contributed by atoms with Crippen LogP contribution in [0.1, 0.15) is 29.9 Å². The lowest BCUT2D eigenvalue weighted by molar-refractivity contribution is 0.212. The lowest BCUT2D eigenvalue weighted by atomic mass is 9.99. The van der Waals surface area contributed by atoms with Crippen LogP contribution in [-0.4, -0.2) is 18.2 Å². The average Bonchev–Trinajstić information content (AvgIpc) is 3.19. The van der Waals surface area contributed by atoms with Crippen LogP contribution in [0.25, 0.3) is 21.2 Å². The largest absolute Gasteiger partial charge is 0.339 e. The van der Waals surface area contributed by atoms with E-state index in [4.69, 9.17) is 9.05 Å². The van der Waals surface area contributed by atoms with E-state index in [1.54, 1.807) is 26.0 Å². The standard InChI is InChI=1S/C25H23F3NO3PS/c1-3-31-33(30,32-4-2)21(15-16-11-12-19(26)20(27)14-16)24-23(18-9-7-13-29-25(18)28)17-8-5-6-10-22(17)34-24/h5-14,21H,3-4,15H2,1-2H3. The molecule has 34 heavy (non-hydrogen) atoms. The van der Waals surface area contributed by atoms with Crippen LogP contribution in [0.2, 0.25) is 0 Å². The van der Waals surface area contributed by atoms with Gasteiger partial charge in [-0.05, 0) is 56.2 Å². The van der Waals surface area contributed by atoms with Gasteiger partial charge in [0.25, 0.3) is 0 Å². The highest BCUT2D eigenvalue weighted by atomic mass is 32.1. The van der Waals surface area contributed by atoms with Crippen LogP contribution in [0, 0.1) is 17.6 Å². The molecule has 9 heteroatoms. The predicted octanol–water partition coefficient (Wildman–Crippen LogP) is 7.93. The van der Waals surface area contributed by atoms with E-state index in [0.29, 0.717) is 16.0 Å². The van der Waals surface area contributed by atoms with Crippen LogP contribution in [0.3, 0.4) is 0 Å². The van der Waals surface area contributed by atoms with Crippen LogP contribution in [-0.2, 0) is 20.0 Å². The number of nitrogens with zero attached hydrogens (tertiary/aromatic N) is 1. The molecule has 4 nitrogen and oxygen atoms in total. The van der Waals surface area contributed by atoms with Gasteiger partial charge in [0.05, 0.1) is 13.2 Å². The summed E-state index contributed by atoms with van der Waals surface area (Å²) in [6, 6.07) is 14.2. The summed E-state index contributed by atoms with van der Waals surface area (Å²) in [5.74, 6) is -2.65. The molecule has 4 rings (SSSR count). The summed E-state index contributed by atoms with van der Waals surface area (Å²) in [6.45, 7) is 3.64. The third-order valence-corrected chi connectivity index (χ3v) is 9.27. The second-order valence-corrected chi connectivity index (χ2v) is 10.8. The lowest BCUT2D eigenvalue weighted by Gasteiger charge is -2.27. The molecule has 0 radical (unpaired) electrons. The van der Waals surface area contributed by atoms with Gasteiger partial charge in [-0.15, -0.1) is 11.3 Å². The highest BCUT2D eigenvalue weighted by Gasteiger charge is 2.40. The van der Waals surface area contributed by atoms with E-state index >= 15 is 0 Å². The van der Waals surface area contributed by atoms with Crippen molar-refractivity contribution in [3.8, 4) is 11.1 Å². The Labute approximate surface area is 199 Å². The Morgan fingerprint density at radius 3 is 2.38 bits per heavy atom. The topological polar surface area (TPSA) is 48.4 Å². The zero-order valence-corrected chi connectivity index (χ0v) is 20.3. The average molecular weight is 505 g/mol. The molecule has 0 spiro atoms. The molecule has 1 unspecified atom stereocenters. The second-order valence-electron chi connectivity index (χ2n) is 7.52. The third-order valence-electron chi connectivity index (χ3n) is 5.37. The van der Waals surface area contributed by atoms with Crippen LogP contribution in [0.5, 0.6) is 0 Å². The van der Waals surface area contributed by atoms with Gasteiger partial charge >= 0.3 is 7.60 Å². The summed E-state index contributed by atoms with van der Waals surface area (Å²) in [4.78, 5) is 4.37. The smallest absolute Gasteiger partial charge is 0.308 e. The molecule has 0 aliphatic rings. The number of halogens is 3. The van der Waals surface area contributed by atoms with E-state index < -0.39 is 30.8 Å². The summed E-state index contributed by atoms with van der Waals surface area (Å²) < 4.78 is 68.9. The molecular weight excluding hydrogens is 482 g/mol. The highest BCUT2D eigenvalue weighted by molar-refractivity contribution is 7.54. The summed E-state index contributed by atoms with van der Waals surface area (Å²) in [6.07, 6.45) is 1.40. The normalized spacial score (nSPS) is 12.9. The minimum absolute atomic E-state index is 0.0379. The molecule has 178 valence electrons. The molecule has 4 aromatic rings. The minimum atomic E-state index is -3.81. The van der Waals surface area contributed by atoms with E-state index in [1.165, 1.54) is 23.6 Å². The molecule has 0 saturated carbocycles. The van der Waals surface area contributed by atoms with Gasteiger partial charge < -0.3 is 9.05 Å². The minimum Gasteiger partial charge on any atom is -0.308 e. The van der Waals surface area contributed by atoms with Gasteiger partial charge in [0.15, 0.2) is 11.6 Å². The van der Waals surface area contributed by atoms with Crippen molar-refractivity contribution in [1.29, 1.82) is 0 Å². The fourth-order valence-electron chi connectivity index (χ4n) is 3.96. The molecular formula is C25H23F3NO3PS. The molecule has 0 fully saturated rings. The van der Waals surface area contributed by atoms with Crippen LogP contribution < -0.4 is 0 Å². The van der Waals surface area contributed by atoms with Crippen molar-refractivity contribution in [2.75, 3.05) is 13.2 Å². The Morgan fingerprint density at radius 1 is 0.971 bits per heavy atom. The van der Waals surface area contributed by atoms with Crippen molar-refractivity contribution in [3.63, 3.8) is 0 Å². The Morgan fingerprint density at radius 2 is 1.71 bits per heavy atom. The maximum atomic E-state index is 14.9. The molecule has 0 amide bonds. The first kappa shape index (κ1) is 24.6. The first-order valence-electron chi connectivity index (χ1n) is 10.8. The lowest BCUT2D eigenvalue weighted by Crippen LogP contribution is -2.10. The highest BCUT2D eigenvalue weighted by Crippen LogP contribution is 2.65. The SMILES string of the molecule is CCOP(=O)(OCC)C(Cc1ccc(F)c(F)c1)c1sc2ccccc2c1-c1cccnc1F. The number of benzene rings is 2. The molecule has 2 aromatic carbocycles. The number of fused-ring (bicyclic) bond motifs is 1. The van der Waals surface area contributed by atoms with Crippen LogP contribution >= 0.6 is 18.9 Å². The third kappa shape index (κ3) is 4.82. The van der Waals surface area contributed by atoms with E-state index in [2.05, 4.69) is 4.98 Å². The summed E-state index contributed by atoms with van der Waals surface area (Å²) in [7, 11) is -3.81. The molecule has 0 N–H and O–H groups in total. The first-order valence-corrected chi connectivity index (χ1v) is 13.3. The summed E-state index contributed by atoms with van der Waals surface area (Å²) in [5, 5.41) is 0.768. The van der Waals surface area contributed by atoms with Crippen molar-refractivity contribution in [2.45, 2.75) is 25.9 Å². The Bertz CT molecular complexity index is 1350. The van der Waals surface area contributed by atoms with Crippen molar-refractivity contribution in [1.82, 2.24) is 4.98 Å². The first-order chi connectivity index (χ1) is 16.4. The van der Waals surface area contributed by atoms with Crippen molar-refractivity contribution in [2.24, 2.45) is 0 Å². The van der Waals surface area contributed by atoms with Crippen molar-refractivity contribution < 1.29 is 26.8 Å². The summed E-state index contributed by atoms with van der Waals surface area (Å²) in [5.41, 5.74) is 0.325. The molecule has 0 bridgehead atoms. The van der Waals surface area contributed by atoms with Gasteiger partial charge in [0, 0.05) is 32.3 Å². The number of thiophene rings is 1. The van der Waals surface area contributed by atoms with E-state index in [-0.39, 0.29) is 25.2 Å². The zero-order chi connectivity index (χ0) is 24.3. The quantitative estimate of drug-likeness (QED) is 0.171. The fraction of sp³-hybridized carbons (Fsp3) is 0.240. The number of rotatable bonds is 9. The molecule has 0 aliphatic carbocycles. The van der Waals surface area contributed by atoms with Gasteiger partial charge in [-0.1, -0.05) is 24.3 Å². The fourth-order valence-corrected chi connectivity index (χ4v) is 7.72. The number of aromatic nitrogens is 1. The predicted molar refractivity (Wildman–Crippen MR) is 129 cm³/mol. The zero-order valence-electron chi connectivity index (χ0n) is 18.6. The van der Waals surface area contributed by atoms with E-state index in [1.807, 2.05) is 24.3 Å². The van der Waals surface area contributed by atoms with Crippen LogP contribution in [0.4, 0.5) is 13.2 Å². The van der Waals surface area contributed by atoms with Gasteiger partial charge in [-0.25, -0.2) is 13.8 Å². The monoisotopic (exact) mass is 505 g/mol. The van der Waals surface area contributed by atoms with Gasteiger partial charge in [0.2, 0.25) is 5.95 Å². The number of hydrogen-bond donors (Lipinski definition) is 0. The summed E-state index contributed by atoms with van der Waals surface area (Å²) >= 11 is 1.35. The Balaban J connectivity index is 1.98. The van der Waals surface area contributed by atoms with Gasteiger partial charge in [-0.3, -0.25) is 4.57 Å². The molecule has 2 heterocycles. The van der Waals surface area contributed by atoms with Crippen LogP contribution in [0.15, 0.2) is 60.8 Å². The van der Waals surface area contributed by atoms with E-state index in [9.17, 15) is 17.7 Å². The van der Waals surface area contributed by atoms with E-state index in [0.717, 1.165) is 22.2 Å². The maximum Gasteiger partial charge on any atom is 0.339 e.